The quantitative estimate of drug-likeness (QED) is 0.552. The molecular formula is C14H13ClF6N6. The van der Waals surface area contributed by atoms with Crippen LogP contribution in [0.2, 0.25) is 5.15 Å². The molecule has 2 rings (SSSR count). The molecule has 2 N–H and O–H groups in total. The molecule has 27 heavy (non-hydrogen) atoms. The van der Waals surface area contributed by atoms with E-state index in [9.17, 15) is 26.3 Å². The van der Waals surface area contributed by atoms with Gasteiger partial charge in [0.25, 0.3) is 0 Å². The van der Waals surface area contributed by atoms with Crippen molar-refractivity contribution in [2.75, 3.05) is 10.6 Å². The standard InChI is InChI=1S/C14H13ClF6N6/c1-6(13(16,17)18)22-11-25-10(8-4-3-5-9(15)24-8)26-12(27-11)23-7(2)14(19,20)21/h3-7H,1-2H3,(H2,22,23,25,26,27)/i1D3,2D3,5D,6D. The van der Waals surface area contributed by atoms with E-state index in [0.717, 1.165) is 12.1 Å². The highest BCUT2D eigenvalue weighted by molar-refractivity contribution is 6.29. The minimum absolute atomic E-state index is 0.314. The highest BCUT2D eigenvalue weighted by atomic mass is 35.5. The first-order chi connectivity index (χ1) is 15.6. The molecule has 2 aromatic rings. The van der Waals surface area contributed by atoms with E-state index >= 15 is 0 Å². The van der Waals surface area contributed by atoms with Crippen molar-refractivity contribution in [3.63, 3.8) is 0 Å². The summed E-state index contributed by atoms with van der Waals surface area (Å²) in [6.45, 7) is -7.80. The van der Waals surface area contributed by atoms with E-state index < -0.39 is 66.7 Å². The maximum Gasteiger partial charge on any atom is 0.408 e. The zero-order valence-corrected chi connectivity index (χ0v) is 13.4. The first kappa shape index (κ1) is 12.2. The maximum absolute atomic E-state index is 13.5. The van der Waals surface area contributed by atoms with Crippen molar-refractivity contribution in [3.8, 4) is 11.5 Å². The van der Waals surface area contributed by atoms with Gasteiger partial charge in [0.1, 0.15) is 22.9 Å². The van der Waals surface area contributed by atoms with E-state index in [4.69, 9.17) is 22.6 Å². The van der Waals surface area contributed by atoms with Crippen molar-refractivity contribution in [1.82, 2.24) is 19.9 Å². The summed E-state index contributed by atoms with van der Waals surface area (Å²) >= 11 is 5.70. The van der Waals surface area contributed by atoms with Crippen LogP contribution in [0.15, 0.2) is 18.2 Å². The van der Waals surface area contributed by atoms with Crippen LogP contribution in [0.1, 0.15) is 24.7 Å². The van der Waals surface area contributed by atoms with E-state index in [0.29, 0.717) is 0 Å². The largest absolute Gasteiger partial charge is 0.408 e. The molecule has 0 saturated carbocycles. The second kappa shape index (κ2) is 7.71. The van der Waals surface area contributed by atoms with Gasteiger partial charge in [0.05, 0.1) is 2.74 Å². The Morgan fingerprint density at radius 1 is 1.04 bits per heavy atom. The Labute approximate surface area is 165 Å². The van der Waals surface area contributed by atoms with Crippen LogP contribution >= 0.6 is 11.6 Å². The minimum Gasteiger partial charge on any atom is -0.343 e. The number of halogens is 7. The number of alkyl halides is 6. The van der Waals surface area contributed by atoms with E-state index in [1.165, 1.54) is 10.6 Å². The molecule has 2 heterocycles. The highest BCUT2D eigenvalue weighted by Crippen LogP contribution is 2.26. The van der Waals surface area contributed by atoms with Gasteiger partial charge in [-0.05, 0) is 25.8 Å². The van der Waals surface area contributed by atoms with Crippen LogP contribution in [0.5, 0.6) is 0 Å². The number of anilines is 2. The second-order valence-corrected chi connectivity index (χ2v) is 5.05. The van der Waals surface area contributed by atoms with Gasteiger partial charge in [-0.25, -0.2) is 4.98 Å². The van der Waals surface area contributed by atoms with Crippen molar-refractivity contribution < 1.29 is 37.3 Å². The van der Waals surface area contributed by atoms with Crippen molar-refractivity contribution in [2.24, 2.45) is 0 Å². The van der Waals surface area contributed by atoms with Crippen molar-refractivity contribution >= 4 is 23.5 Å². The Morgan fingerprint density at radius 3 is 2.22 bits per heavy atom. The highest BCUT2D eigenvalue weighted by Gasteiger charge is 2.38. The fraction of sp³-hybridized carbons (Fsp3) is 0.429. The summed E-state index contributed by atoms with van der Waals surface area (Å²) in [7, 11) is 0. The number of nitrogens with one attached hydrogen (secondary N) is 2. The molecule has 0 aromatic carbocycles. The zero-order valence-electron chi connectivity index (χ0n) is 20.7. The summed E-state index contributed by atoms with van der Waals surface area (Å²) < 4.78 is 138. The van der Waals surface area contributed by atoms with E-state index in [2.05, 4.69) is 19.9 Å². The third kappa shape index (κ3) is 5.81. The minimum atomic E-state index is -5.76. The molecular weight excluding hydrogens is 402 g/mol. The second-order valence-electron chi connectivity index (χ2n) is 4.69. The molecule has 2 aromatic heterocycles. The Morgan fingerprint density at radius 2 is 1.70 bits per heavy atom. The van der Waals surface area contributed by atoms with Gasteiger partial charge < -0.3 is 10.6 Å². The van der Waals surface area contributed by atoms with Crippen molar-refractivity contribution in [3.05, 3.63) is 23.3 Å². The molecule has 13 heteroatoms. The van der Waals surface area contributed by atoms with Gasteiger partial charge in [0, 0.05) is 8.22 Å². The van der Waals surface area contributed by atoms with Crippen LogP contribution in [0.25, 0.3) is 11.5 Å². The van der Waals surface area contributed by atoms with Crippen LogP contribution in [-0.2, 0) is 0 Å². The number of pyridine rings is 1. The predicted octanol–water partition coefficient (Wildman–Crippen LogP) is 4.31. The third-order valence-electron chi connectivity index (χ3n) is 2.65. The summed E-state index contributed by atoms with van der Waals surface area (Å²) in [6.07, 6.45) is -11.2. The lowest BCUT2D eigenvalue weighted by Gasteiger charge is -2.20. The fourth-order valence-corrected chi connectivity index (χ4v) is 1.65. The Bertz CT molecular complexity index is 1050. The maximum atomic E-state index is 13.5. The van der Waals surface area contributed by atoms with Crippen molar-refractivity contribution in [2.45, 2.75) is 38.1 Å². The summed E-state index contributed by atoms with van der Waals surface area (Å²) in [5.74, 6) is -3.37. The molecule has 148 valence electrons. The summed E-state index contributed by atoms with van der Waals surface area (Å²) in [4.78, 5) is 13.8. The van der Waals surface area contributed by atoms with Crippen molar-refractivity contribution in [1.29, 1.82) is 0 Å². The summed E-state index contributed by atoms with van der Waals surface area (Å²) in [5.41, 5.74) is -0.409. The average molecular weight is 423 g/mol. The normalized spacial score (nSPS) is 21.0. The molecule has 0 aliphatic heterocycles. The molecule has 2 unspecified atom stereocenters. The molecule has 0 amide bonds. The zero-order chi connectivity index (χ0) is 27.2. The average Bonchev–Trinajstić information content (AvgIpc) is 2.64. The summed E-state index contributed by atoms with van der Waals surface area (Å²) in [5, 5.41) is 2.19. The third-order valence-corrected chi connectivity index (χ3v) is 2.84. The predicted molar refractivity (Wildman–Crippen MR) is 86.3 cm³/mol. The SMILES string of the molecule is [2H]c1ccc(-c2nc(NC(C([2H])([2H])[2H])C(F)(F)F)nc(NC([2H])(C([2H])([2H])[2H])C(F)(F)F)n2)nc1Cl. The number of aromatic nitrogens is 4. The van der Waals surface area contributed by atoms with Crippen LogP contribution in [0.4, 0.5) is 38.2 Å². The van der Waals surface area contributed by atoms with E-state index in [1.807, 2.05) is 0 Å². The van der Waals surface area contributed by atoms with Gasteiger partial charge in [-0.1, -0.05) is 17.7 Å². The number of nitrogens with zero attached hydrogens (tertiary/aromatic N) is 4. The molecule has 6 nitrogen and oxygen atoms in total. The van der Waals surface area contributed by atoms with Gasteiger partial charge in [0.15, 0.2) is 5.82 Å². The smallest absolute Gasteiger partial charge is 0.343 e. The summed E-state index contributed by atoms with van der Waals surface area (Å²) in [6, 6.07) is -6.01. The molecule has 0 aliphatic rings. The van der Waals surface area contributed by atoms with Gasteiger partial charge >= 0.3 is 12.4 Å². The molecule has 0 spiro atoms. The van der Waals surface area contributed by atoms with Crippen LogP contribution in [0, 0.1) is 0 Å². The topological polar surface area (TPSA) is 75.6 Å². The molecule has 0 aliphatic carbocycles. The van der Waals surface area contributed by atoms with Gasteiger partial charge in [-0.15, -0.1) is 0 Å². The van der Waals surface area contributed by atoms with Gasteiger partial charge in [-0.2, -0.15) is 41.3 Å². The number of hydrogen-bond acceptors (Lipinski definition) is 6. The van der Waals surface area contributed by atoms with Crippen LogP contribution in [0.3, 0.4) is 0 Å². The first-order valence-electron chi connectivity index (χ1n) is 10.6. The van der Waals surface area contributed by atoms with Gasteiger partial charge in [0.2, 0.25) is 11.9 Å². The molecule has 0 saturated heterocycles. The van der Waals surface area contributed by atoms with E-state index in [1.54, 1.807) is 0 Å². The lowest BCUT2D eigenvalue weighted by Crippen LogP contribution is -2.35. The Hall–Kier alpha value is -2.37. The fourth-order valence-electron chi connectivity index (χ4n) is 1.49. The molecule has 0 fully saturated rings. The lowest BCUT2D eigenvalue weighted by atomic mass is 10.3. The van der Waals surface area contributed by atoms with Crippen LogP contribution < -0.4 is 10.6 Å². The first-order valence-corrected chi connectivity index (χ1v) is 7.02. The van der Waals surface area contributed by atoms with Gasteiger partial charge in [-0.3, -0.25) is 0 Å². The monoisotopic (exact) mass is 422 g/mol. The number of hydrogen-bond donors (Lipinski definition) is 2. The molecule has 0 bridgehead atoms. The van der Waals surface area contributed by atoms with E-state index in [-0.39, 0.29) is 6.04 Å². The van der Waals surface area contributed by atoms with Crippen LogP contribution in [-0.4, -0.2) is 44.3 Å². The Kier molecular flexibility index (Phi) is 3.47. The molecule has 0 radical (unpaired) electrons. The Balaban J connectivity index is 2.71. The lowest BCUT2D eigenvalue weighted by molar-refractivity contribution is -0.139. The molecule has 2 atom stereocenters. The number of rotatable bonds is 5.